The normalized spacial score (nSPS) is 12.1. The van der Waals surface area contributed by atoms with Gasteiger partial charge in [-0.3, -0.25) is 4.79 Å². The molecule has 1 aromatic carbocycles. The summed E-state index contributed by atoms with van der Waals surface area (Å²) < 4.78 is 10.6. The lowest BCUT2D eigenvalue weighted by atomic mass is 10.1. The highest BCUT2D eigenvalue weighted by Crippen LogP contribution is 2.24. The minimum Gasteiger partial charge on any atom is -0.459 e. The number of carbonyl (C=O) groups excluding carboxylic acids is 1. The number of amides is 1. The van der Waals surface area contributed by atoms with Crippen LogP contribution in [0.4, 0.5) is 0 Å². The van der Waals surface area contributed by atoms with E-state index in [-0.39, 0.29) is 23.6 Å². The third kappa shape index (κ3) is 3.98. The van der Waals surface area contributed by atoms with Gasteiger partial charge in [0.2, 0.25) is 5.91 Å². The molecule has 2 heterocycles. The second-order valence-corrected chi connectivity index (χ2v) is 6.28. The maximum absolute atomic E-state index is 12.1. The van der Waals surface area contributed by atoms with Gasteiger partial charge in [-0.05, 0) is 30.7 Å². The van der Waals surface area contributed by atoms with E-state index in [0.717, 1.165) is 17.3 Å². The van der Waals surface area contributed by atoms with Crippen LogP contribution in [0, 0.1) is 0 Å². The Bertz CT molecular complexity index is 820. The van der Waals surface area contributed by atoms with Crippen LogP contribution >= 0.6 is 23.4 Å². The number of rotatable bonds is 6. The fraction of sp³-hybridized carbons (Fsp3) is 0.188. The van der Waals surface area contributed by atoms with Crippen LogP contribution in [-0.4, -0.2) is 21.9 Å². The smallest absolute Gasteiger partial charge is 0.284 e. The van der Waals surface area contributed by atoms with Crippen LogP contribution in [0.3, 0.4) is 0 Å². The fourth-order valence-electron chi connectivity index (χ4n) is 2.08. The molecule has 0 radical (unpaired) electrons. The van der Waals surface area contributed by atoms with Gasteiger partial charge in [-0.2, -0.15) is 0 Å². The van der Waals surface area contributed by atoms with Crippen molar-refractivity contribution in [3.8, 4) is 11.7 Å². The summed E-state index contributed by atoms with van der Waals surface area (Å²) in [5.74, 6) is 0.790. The molecule has 2 aromatic heterocycles. The van der Waals surface area contributed by atoms with Crippen molar-refractivity contribution in [3.63, 3.8) is 0 Å². The molecule has 0 aliphatic carbocycles. The lowest BCUT2D eigenvalue weighted by Crippen LogP contribution is -2.28. The molecule has 0 saturated heterocycles. The molecule has 0 saturated carbocycles. The quantitative estimate of drug-likeness (QED) is 0.668. The van der Waals surface area contributed by atoms with Gasteiger partial charge in [0.15, 0.2) is 5.76 Å². The Morgan fingerprint density at radius 1 is 1.29 bits per heavy atom. The Kier molecular flexibility index (Phi) is 5.22. The van der Waals surface area contributed by atoms with Crippen molar-refractivity contribution in [3.05, 3.63) is 53.2 Å². The number of thioether (sulfide) groups is 1. The van der Waals surface area contributed by atoms with Crippen LogP contribution in [0.25, 0.3) is 11.7 Å². The van der Waals surface area contributed by atoms with Crippen LogP contribution in [-0.2, 0) is 4.79 Å². The summed E-state index contributed by atoms with van der Waals surface area (Å²) in [5, 5.41) is 11.6. The summed E-state index contributed by atoms with van der Waals surface area (Å²) in [6.45, 7) is 1.88. The number of hydrogen-bond acceptors (Lipinski definition) is 6. The molecule has 0 fully saturated rings. The summed E-state index contributed by atoms with van der Waals surface area (Å²) in [6, 6.07) is 10.7. The van der Waals surface area contributed by atoms with Crippen molar-refractivity contribution in [1.82, 2.24) is 15.5 Å². The number of nitrogens with one attached hydrogen (secondary N) is 1. The molecule has 0 aliphatic rings. The van der Waals surface area contributed by atoms with Crippen molar-refractivity contribution in [2.45, 2.75) is 18.2 Å². The van der Waals surface area contributed by atoms with Gasteiger partial charge in [0.25, 0.3) is 11.1 Å². The average molecular weight is 364 g/mol. The first-order chi connectivity index (χ1) is 11.6. The van der Waals surface area contributed by atoms with E-state index in [1.54, 1.807) is 18.2 Å². The summed E-state index contributed by atoms with van der Waals surface area (Å²) in [5.41, 5.74) is 0.871. The minimum atomic E-state index is -0.187. The molecular weight excluding hydrogens is 350 g/mol. The second-order valence-electron chi connectivity index (χ2n) is 4.95. The maximum Gasteiger partial charge on any atom is 0.284 e. The second kappa shape index (κ2) is 7.55. The highest BCUT2D eigenvalue weighted by atomic mass is 35.5. The summed E-state index contributed by atoms with van der Waals surface area (Å²) in [6.07, 6.45) is 1.52. The van der Waals surface area contributed by atoms with Crippen molar-refractivity contribution >= 4 is 29.3 Å². The first kappa shape index (κ1) is 16.6. The molecule has 0 spiro atoms. The minimum absolute atomic E-state index is 0.148. The molecule has 1 atom stereocenters. The highest BCUT2D eigenvalue weighted by molar-refractivity contribution is 7.99. The lowest BCUT2D eigenvalue weighted by Gasteiger charge is -2.15. The number of benzene rings is 1. The van der Waals surface area contributed by atoms with Gasteiger partial charge in [0.1, 0.15) is 0 Å². The summed E-state index contributed by atoms with van der Waals surface area (Å²) in [7, 11) is 0. The predicted octanol–water partition coefficient (Wildman–Crippen LogP) is 3.95. The molecule has 0 bridgehead atoms. The summed E-state index contributed by atoms with van der Waals surface area (Å²) in [4.78, 5) is 12.1. The molecule has 8 heteroatoms. The standard InChI is InChI=1S/C16H14ClN3O3S/c1-10(11-5-2-3-6-12(11)17)18-14(21)9-24-16-20-19-15(23-16)13-7-4-8-22-13/h2-8,10H,9H2,1H3,(H,18,21)/t10-/m0/s1. The molecular formula is C16H14ClN3O3S. The van der Waals surface area contributed by atoms with Crippen LogP contribution in [0.2, 0.25) is 5.02 Å². The SMILES string of the molecule is C[C@H](NC(=O)CSc1nnc(-c2ccco2)o1)c1ccccc1Cl. The molecule has 6 nitrogen and oxygen atoms in total. The van der Waals surface area contributed by atoms with Gasteiger partial charge in [0.05, 0.1) is 18.1 Å². The van der Waals surface area contributed by atoms with Crippen molar-refractivity contribution < 1.29 is 13.6 Å². The van der Waals surface area contributed by atoms with Gasteiger partial charge in [-0.15, -0.1) is 10.2 Å². The average Bonchev–Trinajstić information content (AvgIpc) is 3.24. The van der Waals surface area contributed by atoms with E-state index in [9.17, 15) is 4.79 Å². The molecule has 0 unspecified atom stereocenters. The molecule has 1 amide bonds. The number of furan rings is 1. The van der Waals surface area contributed by atoms with E-state index in [1.807, 2.05) is 25.1 Å². The first-order valence-electron chi connectivity index (χ1n) is 7.17. The van der Waals surface area contributed by atoms with Crippen molar-refractivity contribution in [2.75, 3.05) is 5.75 Å². The van der Waals surface area contributed by atoms with Gasteiger partial charge in [0, 0.05) is 5.02 Å². The van der Waals surface area contributed by atoms with Crippen LogP contribution in [0.5, 0.6) is 0 Å². The molecule has 3 rings (SSSR count). The number of nitrogens with zero attached hydrogens (tertiary/aromatic N) is 2. The Hall–Kier alpha value is -2.25. The molecule has 1 N–H and O–H groups in total. The van der Waals surface area contributed by atoms with Gasteiger partial charge < -0.3 is 14.2 Å². The molecule has 0 aliphatic heterocycles. The zero-order chi connectivity index (χ0) is 16.9. The maximum atomic E-state index is 12.1. The Morgan fingerprint density at radius 2 is 2.12 bits per heavy atom. The molecule has 3 aromatic rings. The molecule has 24 heavy (non-hydrogen) atoms. The third-order valence-electron chi connectivity index (χ3n) is 3.21. The number of carbonyl (C=O) groups is 1. The van der Waals surface area contributed by atoms with Gasteiger partial charge in [-0.25, -0.2) is 0 Å². The third-order valence-corrected chi connectivity index (χ3v) is 4.38. The zero-order valence-electron chi connectivity index (χ0n) is 12.7. The lowest BCUT2D eigenvalue weighted by molar-refractivity contribution is -0.119. The van der Waals surface area contributed by atoms with Crippen LogP contribution < -0.4 is 5.32 Å². The van der Waals surface area contributed by atoms with E-state index in [0.29, 0.717) is 16.0 Å². The number of halogens is 1. The van der Waals surface area contributed by atoms with Crippen LogP contribution in [0.15, 0.2) is 56.7 Å². The highest BCUT2D eigenvalue weighted by Gasteiger charge is 2.15. The molecule has 124 valence electrons. The van der Waals surface area contributed by atoms with E-state index < -0.39 is 0 Å². The summed E-state index contributed by atoms with van der Waals surface area (Å²) >= 11 is 7.29. The number of hydrogen-bond donors (Lipinski definition) is 1. The largest absolute Gasteiger partial charge is 0.459 e. The van der Waals surface area contributed by atoms with Crippen LogP contribution in [0.1, 0.15) is 18.5 Å². The Balaban J connectivity index is 1.53. The first-order valence-corrected chi connectivity index (χ1v) is 8.54. The van der Waals surface area contributed by atoms with E-state index >= 15 is 0 Å². The zero-order valence-corrected chi connectivity index (χ0v) is 14.3. The van der Waals surface area contributed by atoms with Crippen molar-refractivity contribution in [1.29, 1.82) is 0 Å². The van der Waals surface area contributed by atoms with Crippen molar-refractivity contribution in [2.24, 2.45) is 0 Å². The van der Waals surface area contributed by atoms with Gasteiger partial charge in [-0.1, -0.05) is 41.6 Å². The fourth-order valence-corrected chi connectivity index (χ4v) is 2.96. The Labute approximate surface area is 147 Å². The van der Waals surface area contributed by atoms with E-state index in [4.69, 9.17) is 20.4 Å². The van der Waals surface area contributed by atoms with E-state index in [2.05, 4.69) is 15.5 Å². The Morgan fingerprint density at radius 3 is 2.88 bits per heavy atom. The topological polar surface area (TPSA) is 81.2 Å². The van der Waals surface area contributed by atoms with Gasteiger partial charge >= 0.3 is 0 Å². The van der Waals surface area contributed by atoms with E-state index in [1.165, 1.54) is 6.26 Å². The predicted molar refractivity (Wildman–Crippen MR) is 90.7 cm³/mol. The number of aromatic nitrogens is 2. The monoisotopic (exact) mass is 363 g/mol.